The van der Waals surface area contributed by atoms with Crippen molar-refractivity contribution < 1.29 is 18.7 Å². The SMILES string of the molecule is CC(C)(C)c1ccc(Oc2coc3cc(OC(=O)c4ccccc4Cl)ccc3c2=O)cc1. The number of carbonyl (C=O) groups excluding carboxylic acids is 1. The number of fused-ring (bicyclic) bond motifs is 1. The second kappa shape index (κ2) is 8.52. The van der Waals surface area contributed by atoms with E-state index >= 15 is 0 Å². The van der Waals surface area contributed by atoms with Crippen molar-refractivity contribution in [3.63, 3.8) is 0 Å². The number of hydrogen-bond acceptors (Lipinski definition) is 5. The smallest absolute Gasteiger partial charge is 0.345 e. The van der Waals surface area contributed by atoms with Crippen LogP contribution in [0, 0.1) is 0 Å². The Kier molecular flexibility index (Phi) is 5.76. The number of halogens is 1. The normalized spacial score (nSPS) is 11.4. The lowest BCUT2D eigenvalue weighted by molar-refractivity contribution is 0.0735. The van der Waals surface area contributed by atoms with Gasteiger partial charge in [-0.3, -0.25) is 4.79 Å². The van der Waals surface area contributed by atoms with E-state index in [1.54, 1.807) is 24.3 Å². The van der Waals surface area contributed by atoms with Crippen molar-refractivity contribution in [2.45, 2.75) is 26.2 Å². The first kappa shape index (κ1) is 21.7. The Hall–Kier alpha value is -3.57. The average Bonchev–Trinajstić information content (AvgIpc) is 2.76. The highest BCUT2D eigenvalue weighted by atomic mass is 35.5. The highest BCUT2D eigenvalue weighted by Crippen LogP contribution is 2.28. The molecule has 0 amide bonds. The van der Waals surface area contributed by atoms with E-state index in [1.807, 2.05) is 24.3 Å². The zero-order chi connectivity index (χ0) is 22.9. The van der Waals surface area contributed by atoms with Gasteiger partial charge in [-0.2, -0.15) is 0 Å². The standard InChI is InChI=1S/C26H21ClO5/c1-26(2,3)16-8-10-17(11-9-16)31-23-15-30-22-14-18(12-13-20(22)24(23)28)32-25(29)19-6-4-5-7-21(19)27/h4-15H,1-3H3. The molecule has 5 nitrogen and oxygen atoms in total. The van der Waals surface area contributed by atoms with E-state index in [0.717, 1.165) is 5.56 Å². The molecule has 0 unspecified atom stereocenters. The summed E-state index contributed by atoms with van der Waals surface area (Å²) in [6, 6.07) is 18.7. The molecule has 4 aromatic rings. The number of hydrogen-bond donors (Lipinski definition) is 0. The Balaban J connectivity index is 1.57. The predicted molar refractivity (Wildman–Crippen MR) is 124 cm³/mol. The molecule has 0 spiro atoms. The number of rotatable bonds is 4. The molecule has 3 aromatic carbocycles. The number of ether oxygens (including phenoxy) is 2. The minimum Gasteiger partial charge on any atom is -0.460 e. The number of esters is 1. The summed E-state index contributed by atoms with van der Waals surface area (Å²) in [7, 11) is 0. The van der Waals surface area contributed by atoms with Crippen LogP contribution in [0.25, 0.3) is 11.0 Å². The molecule has 0 aliphatic carbocycles. The van der Waals surface area contributed by atoms with Gasteiger partial charge in [-0.1, -0.05) is 56.6 Å². The van der Waals surface area contributed by atoms with Gasteiger partial charge in [0.2, 0.25) is 11.2 Å². The fourth-order valence-corrected chi connectivity index (χ4v) is 3.38. The van der Waals surface area contributed by atoms with Crippen molar-refractivity contribution >= 4 is 28.5 Å². The third kappa shape index (κ3) is 4.53. The molecule has 4 rings (SSSR count). The van der Waals surface area contributed by atoms with Gasteiger partial charge in [0.25, 0.3) is 0 Å². The molecule has 1 heterocycles. The summed E-state index contributed by atoms with van der Waals surface area (Å²) in [6.07, 6.45) is 1.25. The first-order valence-electron chi connectivity index (χ1n) is 10.0. The molecule has 0 saturated carbocycles. The molecule has 0 aliphatic heterocycles. The maximum Gasteiger partial charge on any atom is 0.345 e. The van der Waals surface area contributed by atoms with Crippen LogP contribution in [0.2, 0.25) is 5.02 Å². The first-order chi connectivity index (χ1) is 15.2. The Labute approximate surface area is 190 Å². The second-order valence-electron chi connectivity index (χ2n) is 8.33. The summed E-state index contributed by atoms with van der Waals surface area (Å²) in [5.41, 5.74) is 1.38. The van der Waals surface area contributed by atoms with Crippen molar-refractivity contribution in [1.82, 2.24) is 0 Å². The van der Waals surface area contributed by atoms with Crippen molar-refractivity contribution in [3.05, 3.63) is 99.4 Å². The van der Waals surface area contributed by atoms with E-state index < -0.39 is 5.97 Å². The molecule has 0 atom stereocenters. The van der Waals surface area contributed by atoms with Crippen LogP contribution < -0.4 is 14.9 Å². The van der Waals surface area contributed by atoms with Crippen molar-refractivity contribution in [2.24, 2.45) is 0 Å². The van der Waals surface area contributed by atoms with E-state index in [4.69, 9.17) is 25.5 Å². The van der Waals surface area contributed by atoms with E-state index in [0.29, 0.717) is 16.2 Å². The molecule has 1 aromatic heterocycles. The third-order valence-electron chi connectivity index (χ3n) is 4.97. The zero-order valence-electron chi connectivity index (χ0n) is 17.8. The van der Waals surface area contributed by atoms with Crippen molar-refractivity contribution in [1.29, 1.82) is 0 Å². The summed E-state index contributed by atoms with van der Waals surface area (Å²) in [5.74, 6) is 0.240. The van der Waals surface area contributed by atoms with Crippen molar-refractivity contribution in [3.8, 4) is 17.2 Å². The van der Waals surface area contributed by atoms with Crippen LogP contribution in [0.1, 0.15) is 36.7 Å². The topological polar surface area (TPSA) is 65.7 Å². The van der Waals surface area contributed by atoms with Gasteiger partial charge in [0, 0.05) is 6.07 Å². The maximum absolute atomic E-state index is 12.8. The van der Waals surface area contributed by atoms with Crippen LogP contribution in [-0.2, 0) is 5.41 Å². The average molecular weight is 449 g/mol. The quantitative estimate of drug-likeness (QED) is 0.255. The lowest BCUT2D eigenvalue weighted by Gasteiger charge is -2.19. The van der Waals surface area contributed by atoms with Gasteiger partial charge in [-0.15, -0.1) is 0 Å². The van der Waals surface area contributed by atoms with Gasteiger partial charge in [-0.05, 0) is 47.4 Å². The summed E-state index contributed by atoms with van der Waals surface area (Å²) in [5, 5.41) is 0.605. The highest BCUT2D eigenvalue weighted by Gasteiger charge is 2.16. The van der Waals surface area contributed by atoms with E-state index in [9.17, 15) is 9.59 Å². The van der Waals surface area contributed by atoms with Gasteiger partial charge in [0.1, 0.15) is 23.3 Å². The van der Waals surface area contributed by atoms with Gasteiger partial charge in [0.15, 0.2) is 0 Å². The van der Waals surface area contributed by atoms with E-state index in [2.05, 4.69) is 20.8 Å². The predicted octanol–water partition coefficient (Wildman–Crippen LogP) is 6.76. The molecule has 6 heteroatoms. The lowest BCUT2D eigenvalue weighted by atomic mass is 9.87. The molecular formula is C26H21ClO5. The summed E-state index contributed by atoms with van der Waals surface area (Å²) >= 11 is 6.04. The molecule has 0 aliphatic rings. The molecule has 162 valence electrons. The fraction of sp³-hybridized carbons (Fsp3) is 0.154. The summed E-state index contributed by atoms with van der Waals surface area (Å²) in [4.78, 5) is 25.2. The van der Waals surface area contributed by atoms with Gasteiger partial charge in [-0.25, -0.2) is 4.79 Å². The van der Waals surface area contributed by atoms with Gasteiger partial charge in [0.05, 0.1) is 16.0 Å². The summed E-state index contributed by atoms with van der Waals surface area (Å²) in [6.45, 7) is 6.38. The molecule has 0 N–H and O–H groups in total. The maximum atomic E-state index is 12.8. The minimum absolute atomic E-state index is 0.0213. The minimum atomic E-state index is -0.601. The van der Waals surface area contributed by atoms with Crippen LogP contribution in [-0.4, -0.2) is 5.97 Å². The Morgan fingerprint density at radius 3 is 2.31 bits per heavy atom. The van der Waals surface area contributed by atoms with E-state index in [-0.39, 0.29) is 33.5 Å². The van der Waals surface area contributed by atoms with Crippen molar-refractivity contribution in [2.75, 3.05) is 0 Å². The molecule has 0 radical (unpaired) electrons. The lowest BCUT2D eigenvalue weighted by Crippen LogP contribution is -2.10. The first-order valence-corrected chi connectivity index (χ1v) is 10.4. The number of benzene rings is 3. The molecular weight excluding hydrogens is 428 g/mol. The van der Waals surface area contributed by atoms with Gasteiger partial charge >= 0.3 is 5.97 Å². The van der Waals surface area contributed by atoms with Crippen LogP contribution in [0.3, 0.4) is 0 Å². The summed E-state index contributed by atoms with van der Waals surface area (Å²) < 4.78 is 16.7. The van der Waals surface area contributed by atoms with Crippen LogP contribution in [0.5, 0.6) is 17.2 Å². The number of carbonyl (C=O) groups is 1. The van der Waals surface area contributed by atoms with Crippen LogP contribution in [0.4, 0.5) is 0 Å². The second-order valence-corrected chi connectivity index (χ2v) is 8.74. The molecule has 0 bridgehead atoms. The van der Waals surface area contributed by atoms with E-state index in [1.165, 1.54) is 24.5 Å². The fourth-order valence-electron chi connectivity index (χ4n) is 3.16. The monoisotopic (exact) mass is 448 g/mol. The third-order valence-corrected chi connectivity index (χ3v) is 5.30. The Morgan fingerprint density at radius 2 is 1.62 bits per heavy atom. The van der Waals surface area contributed by atoms with Crippen LogP contribution in [0.15, 0.2) is 82.2 Å². The Morgan fingerprint density at radius 1 is 0.938 bits per heavy atom. The highest BCUT2D eigenvalue weighted by molar-refractivity contribution is 6.33. The van der Waals surface area contributed by atoms with Crippen LogP contribution >= 0.6 is 11.6 Å². The van der Waals surface area contributed by atoms with Gasteiger partial charge < -0.3 is 13.9 Å². The largest absolute Gasteiger partial charge is 0.460 e. The molecule has 0 saturated heterocycles. The molecule has 32 heavy (non-hydrogen) atoms. The molecule has 0 fully saturated rings. The zero-order valence-corrected chi connectivity index (χ0v) is 18.6. The Bertz CT molecular complexity index is 1350.